The van der Waals surface area contributed by atoms with Crippen molar-refractivity contribution >= 4 is 34.2 Å². The minimum Gasteiger partial charge on any atom is -0.379 e. The van der Waals surface area contributed by atoms with Crippen molar-refractivity contribution in [2.75, 3.05) is 11.1 Å². The highest BCUT2D eigenvalue weighted by Gasteiger charge is 2.31. The van der Waals surface area contributed by atoms with E-state index in [1.165, 1.54) is 18.0 Å². The number of nitrogens with two attached hydrogens (primary N) is 1. The number of terminal acetylenes is 1. The molecule has 3 N–H and O–H groups in total. The molecular weight excluding hydrogens is 374 g/mol. The molecule has 9 heteroatoms. The monoisotopic (exact) mass is 391 g/mol. The summed E-state index contributed by atoms with van der Waals surface area (Å²) >= 11 is 1.53. The molecule has 1 amide bonds. The molecule has 1 aliphatic rings. The molecule has 140 valence electrons. The number of amidine groups is 1. The standard InChI is InChI=1S/C19H17N7OS/c1-3-12-10-26-11-14(22-9-16(26)23-12)17(27)24-13-4-6-21-15(8-13)19(2)5-7-28-18(20)25-19/h1,4,6,8-11H,5,7H2,2H3,(H2,20,25)(H,21,24,27)/t19-/m0/s1. The summed E-state index contributed by atoms with van der Waals surface area (Å²) in [6.07, 6.45) is 12.6. The summed E-state index contributed by atoms with van der Waals surface area (Å²) in [7, 11) is 0. The predicted molar refractivity (Wildman–Crippen MR) is 109 cm³/mol. The number of aromatic nitrogens is 4. The second-order valence-electron chi connectivity index (χ2n) is 6.51. The Kier molecular flexibility index (Phi) is 4.49. The number of carbonyl (C=O) groups is 1. The molecule has 28 heavy (non-hydrogen) atoms. The van der Waals surface area contributed by atoms with Gasteiger partial charge in [0.25, 0.3) is 5.91 Å². The van der Waals surface area contributed by atoms with Gasteiger partial charge in [0.15, 0.2) is 10.8 Å². The number of thioether (sulfide) groups is 1. The number of carbonyl (C=O) groups excluding carboxylic acids is 1. The van der Waals surface area contributed by atoms with Crippen LogP contribution < -0.4 is 11.1 Å². The Bertz CT molecular complexity index is 1150. The number of rotatable bonds is 3. The zero-order valence-electron chi connectivity index (χ0n) is 15.1. The van der Waals surface area contributed by atoms with Crippen molar-refractivity contribution < 1.29 is 4.79 Å². The fourth-order valence-electron chi connectivity index (χ4n) is 2.96. The van der Waals surface area contributed by atoms with Gasteiger partial charge in [-0.3, -0.25) is 9.78 Å². The third-order valence-electron chi connectivity index (χ3n) is 4.49. The van der Waals surface area contributed by atoms with Crippen LogP contribution in [0.1, 0.15) is 35.2 Å². The van der Waals surface area contributed by atoms with Gasteiger partial charge >= 0.3 is 0 Å². The minimum absolute atomic E-state index is 0.245. The lowest BCUT2D eigenvalue weighted by Gasteiger charge is -2.28. The van der Waals surface area contributed by atoms with Crippen LogP contribution in [0.25, 0.3) is 5.65 Å². The topological polar surface area (TPSA) is 111 Å². The number of amides is 1. The maximum atomic E-state index is 12.6. The van der Waals surface area contributed by atoms with Gasteiger partial charge in [0.05, 0.1) is 11.9 Å². The first-order valence-electron chi connectivity index (χ1n) is 8.54. The molecule has 3 aromatic rings. The highest BCUT2D eigenvalue weighted by molar-refractivity contribution is 8.13. The van der Waals surface area contributed by atoms with E-state index in [1.54, 1.807) is 29.1 Å². The molecule has 0 radical (unpaired) electrons. The van der Waals surface area contributed by atoms with E-state index in [2.05, 4.69) is 31.2 Å². The van der Waals surface area contributed by atoms with Crippen LogP contribution >= 0.6 is 11.8 Å². The first-order valence-corrected chi connectivity index (χ1v) is 9.53. The zero-order chi connectivity index (χ0) is 19.7. The molecule has 4 heterocycles. The van der Waals surface area contributed by atoms with Gasteiger partial charge in [-0.05, 0) is 31.4 Å². The fourth-order valence-corrected chi connectivity index (χ4v) is 3.93. The van der Waals surface area contributed by atoms with E-state index in [0.717, 1.165) is 17.9 Å². The normalized spacial score (nSPS) is 19.1. The molecule has 0 spiro atoms. The van der Waals surface area contributed by atoms with Crippen molar-refractivity contribution in [3.05, 3.63) is 54.0 Å². The largest absolute Gasteiger partial charge is 0.379 e. The number of imidazole rings is 1. The van der Waals surface area contributed by atoms with E-state index in [9.17, 15) is 4.79 Å². The lowest BCUT2D eigenvalue weighted by molar-refractivity contribution is 0.102. The summed E-state index contributed by atoms with van der Waals surface area (Å²) in [6.45, 7) is 1.99. The van der Waals surface area contributed by atoms with E-state index < -0.39 is 5.54 Å². The summed E-state index contributed by atoms with van der Waals surface area (Å²) < 4.78 is 1.67. The van der Waals surface area contributed by atoms with E-state index in [1.807, 2.05) is 13.0 Å². The molecule has 3 aromatic heterocycles. The maximum Gasteiger partial charge on any atom is 0.275 e. The highest BCUT2D eigenvalue weighted by atomic mass is 32.2. The van der Waals surface area contributed by atoms with Crippen molar-refractivity contribution in [2.45, 2.75) is 18.9 Å². The third kappa shape index (κ3) is 3.42. The van der Waals surface area contributed by atoms with Gasteiger partial charge in [0, 0.05) is 30.0 Å². The van der Waals surface area contributed by atoms with E-state index in [-0.39, 0.29) is 11.6 Å². The van der Waals surface area contributed by atoms with Crippen LogP contribution in [0.2, 0.25) is 0 Å². The van der Waals surface area contributed by atoms with Crippen molar-refractivity contribution in [1.82, 2.24) is 19.4 Å². The Hall–Kier alpha value is -3.38. The van der Waals surface area contributed by atoms with Gasteiger partial charge in [-0.15, -0.1) is 6.42 Å². The summed E-state index contributed by atoms with van der Waals surface area (Å²) in [5, 5.41) is 3.40. The van der Waals surface area contributed by atoms with E-state index in [4.69, 9.17) is 12.2 Å². The van der Waals surface area contributed by atoms with Gasteiger partial charge < -0.3 is 15.5 Å². The number of nitrogens with zero attached hydrogens (tertiary/aromatic N) is 5. The summed E-state index contributed by atoms with van der Waals surface area (Å²) in [4.78, 5) is 30.0. The number of pyridine rings is 1. The van der Waals surface area contributed by atoms with Gasteiger partial charge in [-0.2, -0.15) is 0 Å². The molecule has 0 saturated carbocycles. The van der Waals surface area contributed by atoms with Gasteiger partial charge in [-0.1, -0.05) is 11.8 Å². The highest BCUT2D eigenvalue weighted by Crippen LogP contribution is 2.34. The second kappa shape index (κ2) is 6.98. The second-order valence-corrected chi connectivity index (χ2v) is 7.63. The van der Waals surface area contributed by atoms with Crippen LogP contribution in [0.15, 0.2) is 41.9 Å². The number of anilines is 1. The third-order valence-corrected chi connectivity index (χ3v) is 5.28. The Morgan fingerprint density at radius 1 is 1.43 bits per heavy atom. The van der Waals surface area contributed by atoms with Crippen molar-refractivity contribution in [3.8, 4) is 12.3 Å². The molecule has 0 unspecified atom stereocenters. The number of nitrogens with one attached hydrogen (secondary N) is 1. The van der Waals surface area contributed by atoms with Crippen molar-refractivity contribution in [2.24, 2.45) is 10.7 Å². The Morgan fingerprint density at radius 3 is 3.07 bits per heavy atom. The van der Waals surface area contributed by atoms with Crippen LogP contribution in [0.5, 0.6) is 0 Å². The van der Waals surface area contributed by atoms with Crippen LogP contribution in [0.4, 0.5) is 5.69 Å². The molecule has 0 aromatic carbocycles. The SMILES string of the molecule is C#Cc1cn2cc(C(=O)Nc3ccnc([C@]4(C)CCSC(N)=N4)c3)ncc2n1. The first kappa shape index (κ1) is 18.0. The van der Waals surface area contributed by atoms with Gasteiger partial charge in [0.2, 0.25) is 0 Å². The number of aliphatic imine (C=N–C) groups is 1. The summed E-state index contributed by atoms with van der Waals surface area (Å²) in [5.41, 5.74) is 8.05. The van der Waals surface area contributed by atoms with Crippen molar-refractivity contribution in [3.63, 3.8) is 0 Å². The zero-order valence-corrected chi connectivity index (χ0v) is 15.9. The molecular formula is C19H17N7OS. The predicted octanol–water partition coefficient (Wildman–Crippen LogP) is 2.02. The Labute approximate surface area is 165 Å². The van der Waals surface area contributed by atoms with Gasteiger partial charge in [0.1, 0.15) is 16.9 Å². The molecule has 4 rings (SSSR count). The molecule has 0 bridgehead atoms. The number of fused-ring (bicyclic) bond motifs is 1. The van der Waals surface area contributed by atoms with Crippen LogP contribution in [-0.2, 0) is 5.54 Å². The lowest BCUT2D eigenvalue weighted by atomic mass is 9.94. The smallest absolute Gasteiger partial charge is 0.275 e. The Morgan fingerprint density at radius 2 is 2.29 bits per heavy atom. The van der Waals surface area contributed by atoms with Crippen molar-refractivity contribution in [1.29, 1.82) is 0 Å². The van der Waals surface area contributed by atoms with Crippen LogP contribution in [0.3, 0.4) is 0 Å². The number of hydrogen-bond acceptors (Lipinski definition) is 7. The summed E-state index contributed by atoms with van der Waals surface area (Å²) in [5.74, 6) is 2.99. The number of hydrogen-bond donors (Lipinski definition) is 2. The maximum absolute atomic E-state index is 12.6. The Balaban J connectivity index is 1.58. The summed E-state index contributed by atoms with van der Waals surface area (Å²) in [6, 6.07) is 3.54. The quantitative estimate of drug-likeness (QED) is 0.661. The molecule has 1 atom stereocenters. The molecule has 8 nitrogen and oxygen atoms in total. The van der Waals surface area contributed by atoms with E-state index in [0.29, 0.717) is 22.2 Å². The molecule has 0 saturated heterocycles. The minimum atomic E-state index is -0.504. The van der Waals surface area contributed by atoms with Gasteiger partial charge in [-0.25, -0.2) is 15.0 Å². The first-order chi connectivity index (χ1) is 13.5. The average molecular weight is 391 g/mol. The fraction of sp³-hybridized carbons (Fsp3) is 0.211. The molecule has 0 fully saturated rings. The molecule has 1 aliphatic heterocycles. The molecule has 0 aliphatic carbocycles. The lowest BCUT2D eigenvalue weighted by Crippen LogP contribution is -2.29. The van der Waals surface area contributed by atoms with E-state index >= 15 is 0 Å². The van der Waals surface area contributed by atoms with Crippen LogP contribution in [0, 0.1) is 12.3 Å². The average Bonchev–Trinajstić information content (AvgIpc) is 3.10. The van der Waals surface area contributed by atoms with Crippen LogP contribution in [-0.4, -0.2) is 36.2 Å².